The molecule has 0 aliphatic heterocycles. The number of pyridine rings is 1. The Balaban J connectivity index is 2.49. The van der Waals surface area contributed by atoms with Gasteiger partial charge < -0.3 is 4.74 Å². The maximum Gasteiger partial charge on any atom is 0.417 e. The molecule has 3 aromatic rings. The van der Waals surface area contributed by atoms with E-state index in [9.17, 15) is 18.0 Å². The molecule has 1 N–H and O–H groups in total. The second kappa shape index (κ2) is 6.80. The van der Waals surface area contributed by atoms with Crippen molar-refractivity contribution >= 4 is 23.3 Å². The van der Waals surface area contributed by atoms with E-state index in [1.165, 1.54) is 11.7 Å². The van der Waals surface area contributed by atoms with Gasteiger partial charge in [-0.3, -0.25) is 14.3 Å². The van der Waals surface area contributed by atoms with Crippen LogP contribution in [0.1, 0.15) is 25.5 Å². The molecule has 142 valence electrons. The van der Waals surface area contributed by atoms with Gasteiger partial charge in [-0.1, -0.05) is 12.1 Å². The van der Waals surface area contributed by atoms with Crippen LogP contribution in [0.5, 0.6) is 5.75 Å². The number of aromatic nitrogens is 3. The normalized spacial score (nSPS) is 12.0. The van der Waals surface area contributed by atoms with Gasteiger partial charge in [0.25, 0.3) is 5.56 Å². The average Bonchev–Trinajstić information content (AvgIpc) is 2.59. The first-order valence-corrected chi connectivity index (χ1v) is 8.45. The summed E-state index contributed by atoms with van der Waals surface area (Å²) in [6.45, 7) is 3.50. The molecule has 27 heavy (non-hydrogen) atoms. The molecule has 0 saturated carbocycles. The molecule has 3 rings (SSSR count). The highest BCUT2D eigenvalue weighted by Crippen LogP contribution is 2.36. The highest BCUT2D eigenvalue weighted by Gasteiger charge is 2.35. The molecule has 0 radical (unpaired) electrons. The largest absolute Gasteiger partial charge is 0.497 e. The first-order valence-electron chi connectivity index (χ1n) is 8.04. The Labute approximate surface area is 157 Å². The molecule has 0 spiro atoms. The predicted molar refractivity (Wildman–Crippen MR) is 98.6 cm³/mol. The number of nitrogens with one attached hydrogen (secondary N) is 1. The van der Waals surface area contributed by atoms with Gasteiger partial charge in [0, 0.05) is 11.6 Å². The third kappa shape index (κ3) is 3.46. The fraction of sp³-hybridized carbons (Fsp3) is 0.278. The maximum absolute atomic E-state index is 13.7. The Morgan fingerprint density at radius 1 is 1.26 bits per heavy atom. The van der Waals surface area contributed by atoms with Crippen LogP contribution in [-0.4, -0.2) is 21.6 Å². The summed E-state index contributed by atoms with van der Waals surface area (Å²) in [5.41, 5.74) is -1.57. The van der Waals surface area contributed by atoms with Crippen LogP contribution in [0.2, 0.25) is 0 Å². The molecule has 1 aromatic carbocycles. The monoisotopic (exact) mass is 395 g/mol. The number of methoxy groups -OCH3 is 1. The van der Waals surface area contributed by atoms with Crippen molar-refractivity contribution in [3.8, 4) is 17.0 Å². The highest BCUT2D eigenvalue weighted by atomic mass is 32.1. The molecule has 9 heteroatoms. The number of alkyl halides is 3. The summed E-state index contributed by atoms with van der Waals surface area (Å²) in [6.07, 6.45) is -4.74. The standard InChI is InChI=1S/C18H16F3N3O2S/c1-9(2)24-15-14(16(25)23-17(24)27)12(18(19,20)21)8-13(22-15)10-5-4-6-11(7-10)26-3/h4-9H,1-3H3,(H,23,25,27). The van der Waals surface area contributed by atoms with Gasteiger partial charge in [0.15, 0.2) is 4.77 Å². The Morgan fingerprint density at radius 3 is 2.56 bits per heavy atom. The molecule has 2 aromatic heterocycles. The van der Waals surface area contributed by atoms with Gasteiger partial charge in [-0.2, -0.15) is 13.2 Å². The van der Waals surface area contributed by atoms with Crippen LogP contribution in [0.4, 0.5) is 13.2 Å². The molecule has 0 aliphatic rings. The molecular formula is C18H16F3N3O2S. The van der Waals surface area contributed by atoms with Gasteiger partial charge in [-0.25, -0.2) is 4.98 Å². The third-order valence-corrected chi connectivity index (χ3v) is 4.38. The van der Waals surface area contributed by atoms with E-state index in [4.69, 9.17) is 17.0 Å². The second-order valence-corrected chi connectivity index (χ2v) is 6.59. The van der Waals surface area contributed by atoms with Crippen LogP contribution >= 0.6 is 12.2 Å². The number of fused-ring (bicyclic) bond motifs is 1. The van der Waals surface area contributed by atoms with Crippen LogP contribution in [-0.2, 0) is 6.18 Å². The minimum Gasteiger partial charge on any atom is -0.497 e. The lowest BCUT2D eigenvalue weighted by molar-refractivity contribution is -0.136. The molecule has 0 saturated heterocycles. The van der Waals surface area contributed by atoms with Crippen LogP contribution in [0.3, 0.4) is 0 Å². The molecule has 0 unspecified atom stereocenters. The quantitative estimate of drug-likeness (QED) is 0.652. The molecular weight excluding hydrogens is 379 g/mol. The minimum absolute atomic E-state index is 0.0194. The number of rotatable bonds is 3. The van der Waals surface area contributed by atoms with Crippen molar-refractivity contribution in [2.24, 2.45) is 0 Å². The minimum atomic E-state index is -4.74. The zero-order valence-electron chi connectivity index (χ0n) is 14.7. The van der Waals surface area contributed by atoms with Crippen molar-refractivity contribution in [2.45, 2.75) is 26.1 Å². The topological polar surface area (TPSA) is 59.9 Å². The van der Waals surface area contributed by atoms with Gasteiger partial charge in [0.1, 0.15) is 11.4 Å². The molecule has 0 atom stereocenters. The summed E-state index contributed by atoms with van der Waals surface area (Å²) in [7, 11) is 1.46. The van der Waals surface area contributed by atoms with E-state index in [1.54, 1.807) is 38.1 Å². The molecule has 0 amide bonds. The van der Waals surface area contributed by atoms with Gasteiger partial charge in [-0.15, -0.1) is 0 Å². The third-order valence-electron chi connectivity index (χ3n) is 4.08. The van der Waals surface area contributed by atoms with Crippen molar-refractivity contribution in [3.63, 3.8) is 0 Å². The summed E-state index contributed by atoms with van der Waals surface area (Å²) in [6, 6.07) is 7.11. The fourth-order valence-corrected chi connectivity index (χ4v) is 3.27. The van der Waals surface area contributed by atoms with Crippen molar-refractivity contribution in [1.29, 1.82) is 0 Å². The van der Waals surface area contributed by atoms with E-state index < -0.39 is 22.7 Å². The van der Waals surface area contributed by atoms with Crippen molar-refractivity contribution in [3.05, 3.63) is 51.0 Å². The van der Waals surface area contributed by atoms with E-state index >= 15 is 0 Å². The Morgan fingerprint density at radius 2 is 1.96 bits per heavy atom. The zero-order valence-corrected chi connectivity index (χ0v) is 15.5. The van der Waals surface area contributed by atoms with E-state index in [2.05, 4.69) is 9.97 Å². The zero-order chi connectivity index (χ0) is 19.9. The average molecular weight is 395 g/mol. The molecule has 2 heterocycles. The summed E-state index contributed by atoms with van der Waals surface area (Å²) >= 11 is 5.15. The Hall–Kier alpha value is -2.68. The smallest absolute Gasteiger partial charge is 0.417 e. The number of hydrogen-bond donors (Lipinski definition) is 1. The number of halogens is 3. The Kier molecular flexibility index (Phi) is 4.81. The van der Waals surface area contributed by atoms with Crippen LogP contribution in [0.25, 0.3) is 22.3 Å². The SMILES string of the molecule is COc1cccc(-c2cc(C(F)(F)F)c3c(=O)[nH]c(=S)n(C(C)C)c3n2)c1. The number of hydrogen-bond acceptors (Lipinski definition) is 4. The van der Waals surface area contributed by atoms with E-state index in [1.807, 2.05) is 0 Å². The second-order valence-electron chi connectivity index (χ2n) is 6.21. The number of ether oxygens (including phenoxy) is 1. The van der Waals surface area contributed by atoms with Crippen LogP contribution in [0, 0.1) is 4.77 Å². The summed E-state index contributed by atoms with van der Waals surface area (Å²) in [4.78, 5) is 19.0. The summed E-state index contributed by atoms with van der Waals surface area (Å²) in [5, 5.41) is -0.531. The predicted octanol–water partition coefficient (Wildman–Crippen LogP) is 4.73. The lowest BCUT2D eigenvalue weighted by Crippen LogP contribution is -2.21. The van der Waals surface area contributed by atoms with Gasteiger partial charge >= 0.3 is 6.18 Å². The van der Waals surface area contributed by atoms with Gasteiger partial charge in [0.2, 0.25) is 0 Å². The van der Waals surface area contributed by atoms with E-state index in [0.717, 1.165) is 6.07 Å². The highest BCUT2D eigenvalue weighted by molar-refractivity contribution is 7.71. The molecule has 5 nitrogen and oxygen atoms in total. The lowest BCUT2D eigenvalue weighted by atomic mass is 10.1. The summed E-state index contributed by atoms with van der Waals surface area (Å²) in [5.74, 6) is 0.481. The van der Waals surface area contributed by atoms with Gasteiger partial charge in [0.05, 0.1) is 23.8 Å². The molecule has 0 bridgehead atoms. The van der Waals surface area contributed by atoms with Crippen LogP contribution in [0.15, 0.2) is 35.1 Å². The van der Waals surface area contributed by atoms with Crippen molar-refractivity contribution < 1.29 is 17.9 Å². The Bertz CT molecular complexity index is 1130. The van der Waals surface area contributed by atoms with E-state index in [-0.39, 0.29) is 22.2 Å². The molecule has 0 fully saturated rings. The van der Waals surface area contributed by atoms with Crippen molar-refractivity contribution in [1.82, 2.24) is 14.5 Å². The van der Waals surface area contributed by atoms with E-state index in [0.29, 0.717) is 11.3 Å². The molecule has 0 aliphatic carbocycles. The van der Waals surface area contributed by atoms with Gasteiger partial charge in [-0.05, 0) is 44.3 Å². The lowest BCUT2D eigenvalue weighted by Gasteiger charge is -2.18. The fourth-order valence-electron chi connectivity index (χ4n) is 2.88. The summed E-state index contributed by atoms with van der Waals surface area (Å²) < 4.78 is 47.8. The maximum atomic E-state index is 13.7. The first kappa shape index (κ1) is 19.1. The first-order chi connectivity index (χ1) is 12.6. The van der Waals surface area contributed by atoms with Crippen molar-refractivity contribution in [2.75, 3.05) is 7.11 Å². The number of benzene rings is 1. The number of aromatic amines is 1. The number of H-pyrrole nitrogens is 1. The van der Waals surface area contributed by atoms with Crippen LogP contribution < -0.4 is 10.3 Å². The number of nitrogens with zero attached hydrogens (tertiary/aromatic N) is 2.